The van der Waals surface area contributed by atoms with E-state index in [0.717, 1.165) is 5.75 Å². The van der Waals surface area contributed by atoms with Crippen LogP contribution in [0.1, 0.15) is 16.7 Å². The van der Waals surface area contributed by atoms with Gasteiger partial charge in [-0.1, -0.05) is 42.5 Å². The Hall–Kier alpha value is -2.02. The number of benzene rings is 2. The summed E-state index contributed by atoms with van der Waals surface area (Å²) < 4.78 is 5.26. The average molecular weight is 221 g/mol. The van der Waals surface area contributed by atoms with Crippen LogP contribution in [0.3, 0.4) is 0 Å². The number of hydrogen-bond donors (Lipinski definition) is 0. The molecule has 1 radical (unpaired) electrons. The van der Waals surface area contributed by atoms with Crippen molar-refractivity contribution in [2.75, 3.05) is 7.11 Å². The van der Waals surface area contributed by atoms with Gasteiger partial charge in [0, 0.05) is 6.42 Å². The molecule has 1 aliphatic carbocycles. The summed E-state index contributed by atoms with van der Waals surface area (Å²) in [5, 5.41) is 0. The van der Waals surface area contributed by atoms with Crippen LogP contribution in [0, 0.1) is 6.42 Å². The van der Waals surface area contributed by atoms with Crippen LogP contribution in [-0.4, -0.2) is 7.11 Å². The molecule has 0 N–H and O–H groups in total. The first-order valence-corrected chi connectivity index (χ1v) is 5.67. The van der Waals surface area contributed by atoms with Crippen LogP contribution in [0.25, 0.3) is 5.57 Å². The van der Waals surface area contributed by atoms with E-state index in [2.05, 4.69) is 48.9 Å². The van der Waals surface area contributed by atoms with Gasteiger partial charge in [0.2, 0.25) is 0 Å². The Morgan fingerprint density at radius 3 is 2.71 bits per heavy atom. The van der Waals surface area contributed by atoms with E-state index in [1.165, 1.54) is 22.3 Å². The molecule has 17 heavy (non-hydrogen) atoms. The Bertz CT molecular complexity index is 582. The van der Waals surface area contributed by atoms with Crippen LogP contribution < -0.4 is 4.74 Å². The van der Waals surface area contributed by atoms with Gasteiger partial charge in [-0.3, -0.25) is 0 Å². The molecule has 0 amide bonds. The standard InChI is InChI=1S/C16H13O/c1-17-14-7-4-6-13(11-14)16-10-9-12-5-2-3-8-15(12)16/h2-11H,1H3. The van der Waals surface area contributed by atoms with Crippen molar-refractivity contribution >= 4 is 5.57 Å². The maximum atomic E-state index is 5.26. The molecule has 0 saturated heterocycles. The fourth-order valence-electron chi connectivity index (χ4n) is 2.19. The summed E-state index contributed by atoms with van der Waals surface area (Å²) in [6, 6.07) is 16.6. The van der Waals surface area contributed by atoms with Gasteiger partial charge in [-0.25, -0.2) is 0 Å². The number of allylic oxidation sites excluding steroid dienone is 1. The minimum Gasteiger partial charge on any atom is -0.497 e. The number of ether oxygens (including phenoxy) is 1. The zero-order valence-corrected chi connectivity index (χ0v) is 9.68. The number of fused-ring (bicyclic) bond motifs is 1. The summed E-state index contributed by atoms with van der Waals surface area (Å²) >= 11 is 0. The molecular weight excluding hydrogens is 208 g/mol. The van der Waals surface area contributed by atoms with Gasteiger partial charge in [0.1, 0.15) is 5.75 Å². The topological polar surface area (TPSA) is 9.23 Å². The fourth-order valence-corrected chi connectivity index (χ4v) is 2.19. The molecule has 83 valence electrons. The summed E-state index contributed by atoms with van der Waals surface area (Å²) in [4.78, 5) is 0. The van der Waals surface area contributed by atoms with Crippen LogP contribution in [0.15, 0.2) is 54.6 Å². The van der Waals surface area contributed by atoms with Gasteiger partial charge < -0.3 is 4.74 Å². The lowest BCUT2D eigenvalue weighted by molar-refractivity contribution is 0.414. The lowest BCUT2D eigenvalue weighted by Gasteiger charge is -2.07. The minimum atomic E-state index is 0.896. The molecule has 1 aliphatic rings. The highest BCUT2D eigenvalue weighted by Crippen LogP contribution is 2.34. The highest BCUT2D eigenvalue weighted by Gasteiger charge is 2.15. The summed E-state index contributed by atoms with van der Waals surface area (Å²) in [6.45, 7) is 0. The van der Waals surface area contributed by atoms with Gasteiger partial charge in [0.25, 0.3) is 0 Å². The molecule has 0 bridgehead atoms. The molecule has 1 heteroatoms. The highest BCUT2D eigenvalue weighted by molar-refractivity contribution is 5.87. The summed E-state index contributed by atoms with van der Waals surface area (Å²) in [5.74, 6) is 0.896. The molecule has 0 aromatic heterocycles. The van der Waals surface area contributed by atoms with Crippen molar-refractivity contribution in [3.63, 3.8) is 0 Å². The SMILES string of the molecule is COc1cccc(C2=C[CH]c3ccccc32)c1. The van der Waals surface area contributed by atoms with Gasteiger partial charge in [0.05, 0.1) is 7.11 Å². The molecule has 0 atom stereocenters. The Morgan fingerprint density at radius 1 is 0.941 bits per heavy atom. The van der Waals surface area contributed by atoms with Crippen molar-refractivity contribution in [3.8, 4) is 5.75 Å². The quantitative estimate of drug-likeness (QED) is 0.751. The Balaban J connectivity index is 2.06. The third-order valence-corrected chi connectivity index (χ3v) is 3.06. The first kappa shape index (κ1) is 10.2. The van der Waals surface area contributed by atoms with Gasteiger partial charge in [-0.2, -0.15) is 0 Å². The minimum absolute atomic E-state index is 0.896. The maximum Gasteiger partial charge on any atom is 0.119 e. The van der Waals surface area contributed by atoms with Crippen LogP contribution in [-0.2, 0) is 0 Å². The molecular formula is C16H13O. The molecule has 0 fully saturated rings. The highest BCUT2D eigenvalue weighted by atomic mass is 16.5. The lowest BCUT2D eigenvalue weighted by atomic mass is 9.99. The second-order valence-electron chi connectivity index (χ2n) is 4.07. The van der Waals surface area contributed by atoms with E-state index in [0.29, 0.717) is 0 Å². The predicted octanol–water partition coefficient (Wildman–Crippen LogP) is 3.69. The zero-order valence-electron chi connectivity index (χ0n) is 9.68. The molecule has 0 saturated carbocycles. The van der Waals surface area contributed by atoms with Crippen LogP contribution in [0.5, 0.6) is 5.75 Å². The summed E-state index contributed by atoms with van der Waals surface area (Å²) in [5.41, 5.74) is 5.04. The molecule has 1 nitrogen and oxygen atoms in total. The number of methoxy groups -OCH3 is 1. The monoisotopic (exact) mass is 221 g/mol. The van der Waals surface area contributed by atoms with E-state index >= 15 is 0 Å². The van der Waals surface area contributed by atoms with E-state index in [-0.39, 0.29) is 0 Å². The van der Waals surface area contributed by atoms with Crippen molar-refractivity contribution in [3.05, 3.63) is 77.7 Å². The van der Waals surface area contributed by atoms with Crippen molar-refractivity contribution in [2.24, 2.45) is 0 Å². The van der Waals surface area contributed by atoms with E-state index in [1.807, 2.05) is 12.1 Å². The van der Waals surface area contributed by atoms with Crippen molar-refractivity contribution in [1.82, 2.24) is 0 Å². The third kappa shape index (κ3) is 1.74. The Labute approximate surface area is 101 Å². The van der Waals surface area contributed by atoms with Crippen LogP contribution in [0.4, 0.5) is 0 Å². The first-order valence-electron chi connectivity index (χ1n) is 5.67. The zero-order chi connectivity index (χ0) is 11.7. The molecule has 0 heterocycles. The predicted molar refractivity (Wildman–Crippen MR) is 69.9 cm³/mol. The number of hydrogen-bond acceptors (Lipinski definition) is 1. The largest absolute Gasteiger partial charge is 0.497 e. The normalized spacial score (nSPS) is 13.1. The van der Waals surface area contributed by atoms with E-state index in [4.69, 9.17) is 4.74 Å². The molecule has 0 spiro atoms. The third-order valence-electron chi connectivity index (χ3n) is 3.06. The second-order valence-corrected chi connectivity index (χ2v) is 4.07. The van der Waals surface area contributed by atoms with Crippen LogP contribution in [0.2, 0.25) is 0 Å². The fraction of sp³-hybridized carbons (Fsp3) is 0.0625. The van der Waals surface area contributed by atoms with Crippen LogP contribution >= 0.6 is 0 Å². The molecule has 3 rings (SSSR count). The molecule has 0 unspecified atom stereocenters. The molecule has 0 aliphatic heterocycles. The second kappa shape index (κ2) is 4.10. The van der Waals surface area contributed by atoms with Gasteiger partial charge in [-0.15, -0.1) is 0 Å². The average Bonchev–Trinajstić information content (AvgIpc) is 2.82. The van der Waals surface area contributed by atoms with Crippen molar-refractivity contribution in [2.45, 2.75) is 0 Å². The van der Waals surface area contributed by atoms with E-state index < -0.39 is 0 Å². The Morgan fingerprint density at radius 2 is 1.82 bits per heavy atom. The van der Waals surface area contributed by atoms with Crippen molar-refractivity contribution in [1.29, 1.82) is 0 Å². The van der Waals surface area contributed by atoms with E-state index in [1.54, 1.807) is 7.11 Å². The van der Waals surface area contributed by atoms with Gasteiger partial charge >= 0.3 is 0 Å². The smallest absolute Gasteiger partial charge is 0.119 e. The molecule has 2 aromatic rings. The number of rotatable bonds is 2. The summed E-state index contributed by atoms with van der Waals surface area (Å²) in [7, 11) is 1.70. The maximum absolute atomic E-state index is 5.26. The first-order chi connectivity index (χ1) is 8.38. The Kier molecular flexibility index (Phi) is 2.45. The summed E-state index contributed by atoms with van der Waals surface area (Å²) in [6.07, 6.45) is 4.32. The van der Waals surface area contributed by atoms with Gasteiger partial charge in [0.15, 0.2) is 0 Å². The molecule has 2 aromatic carbocycles. The lowest BCUT2D eigenvalue weighted by Crippen LogP contribution is -1.88. The van der Waals surface area contributed by atoms with Crippen molar-refractivity contribution < 1.29 is 4.74 Å². The van der Waals surface area contributed by atoms with Gasteiger partial charge in [-0.05, 0) is 34.4 Å². The van der Waals surface area contributed by atoms with E-state index in [9.17, 15) is 0 Å².